The molecule has 0 aliphatic carbocycles. The van der Waals surface area contributed by atoms with Crippen LogP contribution in [0.5, 0.6) is 5.75 Å². The van der Waals surface area contributed by atoms with Crippen molar-refractivity contribution in [1.29, 1.82) is 0 Å². The van der Waals surface area contributed by atoms with Gasteiger partial charge < -0.3 is 9.47 Å². The highest BCUT2D eigenvalue weighted by molar-refractivity contribution is 7.13. The first-order valence-corrected chi connectivity index (χ1v) is 6.81. The molecule has 0 N–H and O–H groups in total. The van der Waals surface area contributed by atoms with Crippen molar-refractivity contribution in [2.45, 2.75) is 13.8 Å². The lowest BCUT2D eigenvalue weighted by Gasteiger charge is -2.06. The van der Waals surface area contributed by atoms with E-state index >= 15 is 0 Å². The number of methoxy groups -OCH3 is 1. The minimum atomic E-state index is -0.393. The van der Waals surface area contributed by atoms with Gasteiger partial charge >= 0.3 is 5.97 Å². The third kappa shape index (κ3) is 2.93. The van der Waals surface area contributed by atoms with E-state index < -0.39 is 5.97 Å². The molecular formula is C14H15NO3S. The molecule has 0 saturated carbocycles. The molecule has 1 aromatic heterocycles. The first kappa shape index (κ1) is 13.5. The Hall–Kier alpha value is -1.88. The normalized spacial score (nSPS) is 10.3. The first-order valence-electron chi connectivity index (χ1n) is 5.93. The number of benzene rings is 1. The Morgan fingerprint density at radius 3 is 2.89 bits per heavy atom. The maximum atomic E-state index is 11.6. The van der Waals surface area contributed by atoms with Crippen LogP contribution in [0.4, 0.5) is 0 Å². The molecule has 0 spiro atoms. The van der Waals surface area contributed by atoms with Crippen molar-refractivity contribution in [3.63, 3.8) is 0 Å². The minimum absolute atomic E-state index is 0.337. The molecule has 0 unspecified atom stereocenters. The van der Waals surface area contributed by atoms with Gasteiger partial charge in [-0.1, -0.05) is 6.07 Å². The molecule has 1 aromatic carbocycles. The Labute approximate surface area is 116 Å². The second kappa shape index (κ2) is 5.84. The SMILES string of the molecule is CCOC(=O)c1csc(-c2ccc(C)cc2OC)n1. The lowest BCUT2D eigenvalue weighted by atomic mass is 10.1. The third-order valence-electron chi connectivity index (χ3n) is 2.58. The quantitative estimate of drug-likeness (QED) is 0.804. The van der Waals surface area contributed by atoms with Crippen LogP contribution in [-0.2, 0) is 4.74 Å². The van der Waals surface area contributed by atoms with Crippen molar-refractivity contribution in [2.75, 3.05) is 13.7 Å². The smallest absolute Gasteiger partial charge is 0.357 e. The van der Waals surface area contributed by atoms with Crippen LogP contribution >= 0.6 is 11.3 Å². The van der Waals surface area contributed by atoms with Crippen LogP contribution in [0.25, 0.3) is 10.6 Å². The molecule has 0 aliphatic rings. The van der Waals surface area contributed by atoms with Crippen molar-refractivity contribution in [2.24, 2.45) is 0 Å². The molecule has 0 amide bonds. The van der Waals surface area contributed by atoms with Gasteiger partial charge in [0.25, 0.3) is 0 Å². The van der Waals surface area contributed by atoms with Crippen molar-refractivity contribution in [3.05, 3.63) is 34.8 Å². The molecule has 0 fully saturated rings. The van der Waals surface area contributed by atoms with Gasteiger partial charge in [-0.05, 0) is 31.5 Å². The van der Waals surface area contributed by atoms with Crippen LogP contribution in [0, 0.1) is 6.92 Å². The summed E-state index contributed by atoms with van der Waals surface area (Å²) in [5.74, 6) is 0.362. The van der Waals surface area contributed by atoms with Gasteiger partial charge in [0.15, 0.2) is 5.69 Å². The van der Waals surface area contributed by atoms with Crippen molar-refractivity contribution < 1.29 is 14.3 Å². The zero-order valence-electron chi connectivity index (χ0n) is 11.1. The Morgan fingerprint density at radius 2 is 2.21 bits per heavy atom. The molecule has 0 saturated heterocycles. The number of rotatable bonds is 4. The van der Waals surface area contributed by atoms with Crippen molar-refractivity contribution in [1.82, 2.24) is 4.98 Å². The van der Waals surface area contributed by atoms with E-state index in [-0.39, 0.29) is 0 Å². The van der Waals surface area contributed by atoms with Crippen molar-refractivity contribution >= 4 is 17.3 Å². The number of thiazole rings is 1. The van der Waals surface area contributed by atoms with E-state index in [9.17, 15) is 4.79 Å². The number of esters is 1. The summed E-state index contributed by atoms with van der Waals surface area (Å²) in [6.45, 7) is 4.12. The Bertz CT molecular complexity index is 592. The molecular weight excluding hydrogens is 262 g/mol. The summed E-state index contributed by atoms with van der Waals surface area (Å²) in [6.07, 6.45) is 0. The van der Waals surface area contributed by atoms with Gasteiger partial charge in [-0.2, -0.15) is 0 Å². The number of ether oxygens (including phenoxy) is 2. The first-order chi connectivity index (χ1) is 9.15. The maximum absolute atomic E-state index is 11.6. The fourth-order valence-electron chi connectivity index (χ4n) is 1.67. The number of aryl methyl sites for hydroxylation is 1. The van der Waals surface area contributed by atoms with Gasteiger partial charge in [0.2, 0.25) is 0 Å². The number of hydrogen-bond acceptors (Lipinski definition) is 5. The highest BCUT2D eigenvalue weighted by atomic mass is 32.1. The van der Waals surface area contributed by atoms with Crippen LogP contribution in [0.3, 0.4) is 0 Å². The molecule has 100 valence electrons. The topological polar surface area (TPSA) is 48.4 Å². The second-order valence-electron chi connectivity index (χ2n) is 3.96. The van der Waals surface area contributed by atoms with E-state index in [1.54, 1.807) is 19.4 Å². The molecule has 0 bridgehead atoms. The average Bonchev–Trinajstić information content (AvgIpc) is 2.88. The van der Waals surface area contributed by atoms with Gasteiger partial charge in [-0.15, -0.1) is 11.3 Å². The number of hydrogen-bond donors (Lipinski definition) is 0. The summed E-state index contributed by atoms with van der Waals surface area (Å²) >= 11 is 1.40. The van der Waals surface area contributed by atoms with Crippen LogP contribution in [0.2, 0.25) is 0 Å². The van der Waals surface area contributed by atoms with Crippen LogP contribution in [0.15, 0.2) is 23.6 Å². The van der Waals surface area contributed by atoms with Gasteiger partial charge in [-0.3, -0.25) is 0 Å². The highest BCUT2D eigenvalue weighted by Gasteiger charge is 2.15. The number of aromatic nitrogens is 1. The molecule has 5 heteroatoms. The molecule has 2 rings (SSSR count). The summed E-state index contributed by atoms with van der Waals surface area (Å²) in [5.41, 5.74) is 2.33. The van der Waals surface area contributed by atoms with Gasteiger partial charge in [-0.25, -0.2) is 9.78 Å². The van der Waals surface area contributed by atoms with Crippen LogP contribution in [0.1, 0.15) is 23.0 Å². The molecule has 0 atom stereocenters. The van der Waals surface area contributed by atoms with Crippen LogP contribution < -0.4 is 4.74 Å². The molecule has 0 aliphatic heterocycles. The zero-order chi connectivity index (χ0) is 13.8. The maximum Gasteiger partial charge on any atom is 0.357 e. The predicted octanol–water partition coefficient (Wildman–Crippen LogP) is 3.30. The zero-order valence-corrected chi connectivity index (χ0v) is 11.9. The molecule has 4 nitrogen and oxygen atoms in total. The van der Waals surface area contributed by atoms with Gasteiger partial charge in [0.05, 0.1) is 19.3 Å². The Balaban J connectivity index is 2.35. The standard InChI is InChI=1S/C14H15NO3S/c1-4-18-14(16)11-8-19-13(15-11)10-6-5-9(2)7-12(10)17-3/h5-8H,4H2,1-3H3. The number of nitrogens with zero attached hydrogens (tertiary/aromatic N) is 1. The van der Waals surface area contributed by atoms with E-state index in [2.05, 4.69) is 4.98 Å². The Kier molecular flexibility index (Phi) is 4.16. The van der Waals surface area contributed by atoms with E-state index in [4.69, 9.17) is 9.47 Å². The fraction of sp³-hybridized carbons (Fsp3) is 0.286. The highest BCUT2D eigenvalue weighted by Crippen LogP contribution is 2.33. The minimum Gasteiger partial charge on any atom is -0.496 e. The van der Waals surface area contributed by atoms with E-state index in [1.807, 2.05) is 25.1 Å². The fourth-order valence-corrected chi connectivity index (χ4v) is 2.49. The summed E-state index contributed by atoms with van der Waals surface area (Å²) in [6, 6.07) is 5.88. The van der Waals surface area contributed by atoms with E-state index in [0.717, 1.165) is 21.9 Å². The molecule has 2 aromatic rings. The van der Waals surface area contributed by atoms with E-state index in [0.29, 0.717) is 12.3 Å². The van der Waals surface area contributed by atoms with Gasteiger partial charge in [0.1, 0.15) is 10.8 Å². The molecule has 0 radical (unpaired) electrons. The second-order valence-corrected chi connectivity index (χ2v) is 4.82. The lowest BCUT2D eigenvalue weighted by Crippen LogP contribution is -2.04. The predicted molar refractivity (Wildman–Crippen MR) is 74.8 cm³/mol. The van der Waals surface area contributed by atoms with Gasteiger partial charge in [0, 0.05) is 5.38 Å². The lowest BCUT2D eigenvalue weighted by molar-refractivity contribution is 0.0520. The van der Waals surface area contributed by atoms with Crippen molar-refractivity contribution in [3.8, 4) is 16.3 Å². The summed E-state index contributed by atoms with van der Waals surface area (Å²) in [7, 11) is 1.62. The number of carbonyl (C=O) groups excluding carboxylic acids is 1. The third-order valence-corrected chi connectivity index (χ3v) is 3.45. The average molecular weight is 277 g/mol. The summed E-state index contributed by atoms with van der Waals surface area (Å²) in [5, 5.41) is 2.45. The molecule has 1 heterocycles. The monoisotopic (exact) mass is 277 g/mol. The Morgan fingerprint density at radius 1 is 1.42 bits per heavy atom. The largest absolute Gasteiger partial charge is 0.496 e. The summed E-state index contributed by atoms with van der Waals surface area (Å²) in [4.78, 5) is 15.9. The summed E-state index contributed by atoms with van der Waals surface area (Å²) < 4.78 is 10.3. The molecule has 19 heavy (non-hydrogen) atoms. The van der Waals surface area contributed by atoms with Crippen LogP contribution in [-0.4, -0.2) is 24.7 Å². The van der Waals surface area contributed by atoms with E-state index in [1.165, 1.54) is 11.3 Å². The number of carbonyl (C=O) groups is 1.